The summed E-state index contributed by atoms with van der Waals surface area (Å²) >= 11 is 1.61. The van der Waals surface area contributed by atoms with Gasteiger partial charge in [-0.3, -0.25) is 4.79 Å². The molecule has 2 fully saturated rings. The topological polar surface area (TPSA) is 78.4 Å². The van der Waals surface area contributed by atoms with Gasteiger partial charge in [0, 0.05) is 41.7 Å². The van der Waals surface area contributed by atoms with Crippen molar-refractivity contribution in [3.8, 4) is 0 Å². The van der Waals surface area contributed by atoms with Crippen LogP contribution in [0.25, 0.3) is 0 Å². The van der Waals surface area contributed by atoms with Crippen molar-refractivity contribution in [1.29, 1.82) is 0 Å². The average molecular weight is 358 g/mol. The third-order valence-electron chi connectivity index (χ3n) is 5.00. The van der Waals surface area contributed by atoms with E-state index in [4.69, 9.17) is 0 Å². The van der Waals surface area contributed by atoms with Crippen LogP contribution in [0.1, 0.15) is 35.8 Å². The molecule has 1 aliphatic carbocycles. The average Bonchev–Trinajstić information content (AvgIpc) is 3.22. The summed E-state index contributed by atoms with van der Waals surface area (Å²) in [7, 11) is 0. The Morgan fingerprint density at radius 2 is 2.28 bits per heavy atom. The smallest absolute Gasteiger partial charge is 0.225 e. The Morgan fingerprint density at radius 1 is 1.40 bits per heavy atom. The number of β-amino-alcohol motifs (C(OH)–C–C–N with tert-alkyl or cyclic N) is 1. The van der Waals surface area contributed by atoms with Gasteiger partial charge in [0.25, 0.3) is 0 Å². The molecule has 1 atom stereocenters. The molecule has 2 aromatic rings. The van der Waals surface area contributed by atoms with Crippen LogP contribution >= 0.6 is 11.3 Å². The van der Waals surface area contributed by atoms with E-state index in [1.54, 1.807) is 17.7 Å². The number of hydrogen-bond acceptors (Lipinski definition) is 6. The normalized spacial score (nSPS) is 25.6. The molecule has 3 heterocycles. The van der Waals surface area contributed by atoms with Crippen molar-refractivity contribution < 1.29 is 9.90 Å². The standard InChI is InChI=1S/C18H22N4O2S/c23-14-3-4-22(10-14)17-9-16(19-11-20-17)12-6-13(7-12)21-18(24)8-15-2-1-5-25-15/h1-2,5,9,11-14,23H,3-4,6-8,10H2,(H,21,24). The SMILES string of the molecule is O=C(Cc1cccs1)NC1CC(c2cc(N3CCC(O)C3)ncn2)C1. The molecular formula is C18H22N4O2S. The molecule has 4 rings (SSSR count). The zero-order valence-corrected chi connectivity index (χ0v) is 14.8. The third kappa shape index (κ3) is 3.82. The monoisotopic (exact) mass is 358 g/mol. The molecule has 0 spiro atoms. The highest BCUT2D eigenvalue weighted by Crippen LogP contribution is 2.36. The number of aliphatic hydroxyl groups excluding tert-OH is 1. The number of nitrogens with zero attached hydrogens (tertiary/aromatic N) is 3. The minimum absolute atomic E-state index is 0.0975. The van der Waals surface area contributed by atoms with Crippen LogP contribution in [-0.2, 0) is 11.2 Å². The minimum atomic E-state index is -0.259. The van der Waals surface area contributed by atoms with Crippen molar-refractivity contribution in [3.05, 3.63) is 40.5 Å². The maximum atomic E-state index is 12.1. The fourth-order valence-electron chi connectivity index (χ4n) is 3.53. The number of carbonyl (C=O) groups is 1. The molecule has 2 aliphatic rings. The van der Waals surface area contributed by atoms with E-state index in [9.17, 15) is 9.90 Å². The molecule has 0 bridgehead atoms. The summed E-state index contributed by atoms with van der Waals surface area (Å²) in [6.45, 7) is 1.48. The predicted molar refractivity (Wildman–Crippen MR) is 96.8 cm³/mol. The van der Waals surface area contributed by atoms with Crippen molar-refractivity contribution in [2.75, 3.05) is 18.0 Å². The molecule has 1 amide bonds. The van der Waals surface area contributed by atoms with E-state index < -0.39 is 0 Å². The highest BCUT2D eigenvalue weighted by atomic mass is 32.1. The largest absolute Gasteiger partial charge is 0.391 e. The first-order chi connectivity index (χ1) is 12.2. The van der Waals surface area contributed by atoms with E-state index >= 15 is 0 Å². The number of aliphatic hydroxyl groups is 1. The predicted octanol–water partition coefficient (Wildman–Crippen LogP) is 1.71. The summed E-state index contributed by atoms with van der Waals surface area (Å²) in [5, 5.41) is 14.8. The van der Waals surface area contributed by atoms with E-state index in [0.717, 1.165) is 42.2 Å². The molecule has 1 unspecified atom stereocenters. The lowest BCUT2D eigenvalue weighted by Crippen LogP contribution is -2.44. The Bertz CT molecular complexity index is 730. The van der Waals surface area contributed by atoms with Gasteiger partial charge in [0.05, 0.1) is 12.5 Å². The zero-order chi connectivity index (χ0) is 17.2. The summed E-state index contributed by atoms with van der Waals surface area (Å²) in [5.41, 5.74) is 1.04. The second-order valence-corrected chi connectivity index (χ2v) is 7.91. The molecule has 1 saturated heterocycles. The molecule has 0 radical (unpaired) electrons. The Kier molecular flexibility index (Phi) is 4.67. The van der Waals surface area contributed by atoms with Crippen LogP contribution in [0.5, 0.6) is 0 Å². The van der Waals surface area contributed by atoms with Crippen LogP contribution in [0.3, 0.4) is 0 Å². The first kappa shape index (κ1) is 16.5. The Balaban J connectivity index is 1.29. The van der Waals surface area contributed by atoms with E-state index in [0.29, 0.717) is 18.9 Å². The molecule has 132 valence electrons. The van der Waals surface area contributed by atoms with Gasteiger partial charge < -0.3 is 15.3 Å². The van der Waals surface area contributed by atoms with E-state index in [1.165, 1.54) is 0 Å². The van der Waals surface area contributed by atoms with Crippen molar-refractivity contribution in [3.63, 3.8) is 0 Å². The molecule has 2 aromatic heterocycles. The number of carbonyl (C=O) groups excluding carboxylic acids is 1. The van der Waals surface area contributed by atoms with Crippen LogP contribution in [-0.4, -0.2) is 46.2 Å². The molecule has 25 heavy (non-hydrogen) atoms. The second kappa shape index (κ2) is 7.09. The van der Waals surface area contributed by atoms with Crippen LogP contribution in [0.4, 0.5) is 5.82 Å². The second-order valence-electron chi connectivity index (χ2n) is 6.88. The number of anilines is 1. The Morgan fingerprint density at radius 3 is 3.00 bits per heavy atom. The van der Waals surface area contributed by atoms with Crippen LogP contribution in [0.15, 0.2) is 29.9 Å². The third-order valence-corrected chi connectivity index (χ3v) is 5.87. The molecule has 1 saturated carbocycles. The lowest BCUT2D eigenvalue weighted by Gasteiger charge is -2.35. The van der Waals surface area contributed by atoms with Crippen molar-refractivity contribution in [2.24, 2.45) is 0 Å². The van der Waals surface area contributed by atoms with Crippen LogP contribution < -0.4 is 10.2 Å². The molecule has 1 aliphatic heterocycles. The summed E-state index contributed by atoms with van der Waals surface area (Å²) < 4.78 is 0. The molecular weight excluding hydrogens is 336 g/mol. The number of aromatic nitrogens is 2. The van der Waals surface area contributed by atoms with Gasteiger partial charge in [-0.2, -0.15) is 0 Å². The first-order valence-corrected chi connectivity index (χ1v) is 9.62. The first-order valence-electron chi connectivity index (χ1n) is 8.74. The fraction of sp³-hybridized carbons (Fsp3) is 0.500. The van der Waals surface area contributed by atoms with E-state index in [2.05, 4.69) is 20.2 Å². The zero-order valence-electron chi connectivity index (χ0n) is 14.0. The van der Waals surface area contributed by atoms with Gasteiger partial charge in [-0.15, -0.1) is 11.3 Å². The van der Waals surface area contributed by atoms with Crippen LogP contribution in [0.2, 0.25) is 0 Å². The molecule has 6 nitrogen and oxygen atoms in total. The Labute approximate surface area is 150 Å². The number of rotatable bonds is 5. The quantitative estimate of drug-likeness (QED) is 0.851. The summed E-state index contributed by atoms with van der Waals surface area (Å²) in [4.78, 5) is 24.0. The lowest BCUT2D eigenvalue weighted by molar-refractivity contribution is -0.121. The van der Waals surface area contributed by atoms with Gasteiger partial charge >= 0.3 is 0 Å². The van der Waals surface area contributed by atoms with Crippen molar-refractivity contribution >= 4 is 23.1 Å². The minimum Gasteiger partial charge on any atom is -0.391 e. The van der Waals surface area contributed by atoms with Crippen LogP contribution in [0, 0.1) is 0 Å². The summed E-state index contributed by atoms with van der Waals surface area (Å²) in [5.74, 6) is 1.37. The molecule has 7 heteroatoms. The van der Waals surface area contributed by atoms with Gasteiger partial charge in [-0.25, -0.2) is 9.97 Å². The number of nitrogens with one attached hydrogen (secondary N) is 1. The highest BCUT2D eigenvalue weighted by molar-refractivity contribution is 7.10. The van der Waals surface area contributed by atoms with Gasteiger partial charge in [0.1, 0.15) is 12.1 Å². The maximum Gasteiger partial charge on any atom is 0.225 e. The van der Waals surface area contributed by atoms with Gasteiger partial charge in [-0.1, -0.05) is 6.07 Å². The Hall–Kier alpha value is -1.99. The highest BCUT2D eigenvalue weighted by Gasteiger charge is 2.33. The van der Waals surface area contributed by atoms with Gasteiger partial charge in [0.2, 0.25) is 5.91 Å². The van der Waals surface area contributed by atoms with E-state index in [-0.39, 0.29) is 18.1 Å². The molecule has 2 N–H and O–H groups in total. The van der Waals surface area contributed by atoms with E-state index in [1.807, 2.05) is 23.6 Å². The number of hydrogen-bond donors (Lipinski definition) is 2. The fourth-order valence-corrected chi connectivity index (χ4v) is 4.24. The van der Waals surface area contributed by atoms with Crippen molar-refractivity contribution in [1.82, 2.24) is 15.3 Å². The summed E-state index contributed by atoms with van der Waals surface area (Å²) in [6.07, 6.45) is 4.46. The molecule has 0 aromatic carbocycles. The maximum absolute atomic E-state index is 12.1. The van der Waals surface area contributed by atoms with Gasteiger partial charge in [-0.05, 0) is 30.7 Å². The van der Waals surface area contributed by atoms with Gasteiger partial charge in [0.15, 0.2) is 0 Å². The number of thiophene rings is 1. The number of amides is 1. The van der Waals surface area contributed by atoms with Crippen molar-refractivity contribution in [2.45, 2.75) is 43.7 Å². The lowest BCUT2D eigenvalue weighted by atomic mass is 9.78. The summed E-state index contributed by atoms with van der Waals surface area (Å²) in [6, 6.07) is 6.24.